The highest BCUT2D eigenvalue weighted by Crippen LogP contribution is 2.30. The van der Waals surface area contributed by atoms with Crippen molar-refractivity contribution in [1.29, 1.82) is 0 Å². The Morgan fingerprint density at radius 1 is 1.15 bits per heavy atom. The summed E-state index contributed by atoms with van der Waals surface area (Å²) in [5, 5.41) is 5.37. The monoisotopic (exact) mass is 377 g/mol. The first-order chi connectivity index (χ1) is 12.7. The van der Waals surface area contributed by atoms with Gasteiger partial charge in [-0.15, -0.1) is 0 Å². The van der Waals surface area contributed by atoms with E-state index in [4.69, 9.17) is 4.42 Å². The standard InChI is InChI=1S/C19H18F3N3O2/c1-11(2)18-25-15-9-14(6-7-16(15)27-18)24-17(26)10-23-13-5-3-4-12(8-13)19(20,21)22/h3-9,11,23H,10H2,1-2H3,(H,24,26). The molecular weight excluding hydrogens is 359 g/mol. The normalized spacial score (nSPS) is 11.8. The van der Waals surface area contributed by atoms with Crippen molar-refractivity contribution in [2.45, 2.75) is 25.9 Å². The average molecular weight is 377 g/mol. The van der Waals surface area contributed by atoms with Gasteiger partial charge in [-0.1, -0.05) is 19.9 Å². The molecule has 1 heterocycles. The molecule has 2 aromatic carbocycles. The van der Waals surface area contributed by atoms with Gasteiger partial charge in [0.1, 0.15) is 5.52 Å². The Kier molecular flexibility index (Phi) is 5.07. The van der Waals surface area contributed by atoms with Gasteiger partial charge in [0.25, 0.3) is 0 Å². The van der Waals surface area contributed by atoms with Gasteiger partial charge in [-0.2, -0.15) is 13.2 Å². The molecule has 0 bridgehead atoms. The second-order valence-electron chi connectivity index (χ2n) is 6.37. The second-order valence-corrected chi connectivity index (χ2v) is 6.37. The highest BCUT2D eigenvalue weighted by atomic mass is 19.4. The number of oxazole rings is 1. The van der Waals surface area contributed by atoms with Crippen LogP contribution in [0.4, 0.5) is 24.5 Å². The number of aromatic nitrogens is 1. The van der Waals surface area contributed by atoms with Gasteiger partial charge in [0.2, 0.25) is 5.91 Å². The number of nitrogens with one attached hydrogen (secondary N) is 2. The Bertz CT molecular complexity index is 964. The van der Waals surface area contributed by atoms with E-state index in [0.29, 0.717) is 22.7 Å². The maximum Gasteiger partial charge on any atom is 0.416 e. The number of nitrogens with zero attached hydrogens (tertiary/aromatic N) is 1. The van der Waals surface area contributed by atoms with E-state index in [1.165, 1.54) is 12.1 Å². The summed E-state index contributed by atoms with van der Waals surface area (Å²) < 4.78 is 43.7. The molecular formula is C19H18F3N3O2. The molecule has 0 radical (unpaired) electrons. The highest BCUT2D eigenvalue weighted by molar-refractivity contribution is 5.95. The molecule has 0 saturated heterocycles. The van der Waals surface area contributed by atoms with Crippen molar-refractivity contribution in [3.63, 3.8) is 0 Å². The molecule has 0 fully saturated rings. The number of carbonyl (C=O) groups excluding carboxylic acids is 1. The van der Waals surface area contributed by atoms with E-state index < -0.39 is 11.7 Å². The summed E-state index contributed by atoms with van der Waals surface area (Å²) in [5.41, 5.74) is 1.22. The average Bonchev–Trinajstić information content (AvgIpc) is 3.03. The molecule has 3 rings (SSSR count). The lowest BCUT2D eigenvalue weighted by Gasteiger charge is -2.11. The van der Waals surface area contributed by atoms with Gasteiger partial charge in [-0.25, -0.2) is 4.98 Å². The molecule has 8 heteroatoms. The van der Waals surface area contributed by atoms with Gasteiger partial charge in [-0.05, 0) is 36.4 Å². The summed E-state index contributed by atoms with van der Waals surface area (Å²) in [4.78, 5) is 16.4. The fourth-order valence-corrected chi connectivity index (χ4v) is 2.46. The number of halogens is 3. The number of hydrogen-bond donors (Lipinski definition) is 2. The van der Waals surface area contributed by atoms with Crippen LogP contribution in [0.1, 0.15) is 31.2 Å². The Balaban J connectivity index is 1.63. The zero-order chi connectivity index (χ0) is 19.6. The number of rotatable bonds is 5. The second kappa shape index (κ2) is 7.30. The Labute approximate surface area is 153 Å². The number of carbonyl (C=O) groups is 1. The van der Waals surface area contributed by atoms with Gasteiger partial charge in [-0.3, -0.25) is 4.79 Å². The lowest BCUT2D eigenvalue weighted by molar-refractivity contribution is -0.137. The van der Waals surface area contributed by atoms with Gasteiger partial charge in [0.05, 0.1) is 12.1 Å². The number of alkyl halides is 3. The summed E-state index contributed by atoms with van der Waals surface area (Å²) in [6.45, 7) is 3.76. The molecule has 1 amide bonds. The van der Waals surface area contributed by atoms with Crippen molar-refractivity contribution in [2.75, 3.05) is 17.2 Å². The zero-order valence-electron chi connectivity index (χ0n) is 14.7. The lowest BCUT2D eigenvalue weighted by atomic mass is 10.2. The molecule has 5 nitrogen and oxygen atoms in total. The first-order valence-corrected chi connectivity index (χ1v) is 8.34. The molecule has 1 aromatic heterocycles. The SMILES string of the molecule is CC(C)c1nc2cc(NC(=O)CNc3cccc(C(F)(F)F)c3)ccc2o1. The van der Waals surface area contributed by atoms with Crippen LogP contribution < -0.4 is 10.6 Å². The van der Waals surface area contributed by atoms with Crippen LogP contribution in [-0.4, -0.2) is 17.4 Å². The van der Waals surface area contributed by atoms with E-state index in [1.807, 2.05) is 13.8 Å². The third kappa shape index (κ3) is 4.58. The topological polar surface area (TPSA) is 67.2 Å². The molecule has 3 aromatic rings. The largest absolute Gasteiger partial charge is 0.440 e. The van der Waals surface area contributed by atoms with Crippen LogP contribution >= 0.6 is 0 Å². The minimum Gasteiger partial charge on any atom is -0.440 e. The van der Waals surface area contributed by atoms with E-state index in [1.54, 1.807) is 18.2 Å². The molecule has 0 spiro atoms. The van der Waals surface area contributed by atoms with E-state index in [9.17, 15) is 18.0 Å². The van der Waals surface area contributed by atoms with E-state index >= 15 is 0 Å². The first kappa shape index (κ1) is 18.8. The van der Waals surface area contributed by atoms with E-state index in [2.05, 4.69) is 15.6 Å². The zero-order valence-corrected chi connectivity index (χ0v) is 14.7. The molecule has 0 unspecified atom stereocenters. The smallest absolute Gasteiger partial charge is 0.416 e. The molecule has 0 saturated carbocycles. The van der Waals surface area contributed by atoms with Crippen molar-refractivity contribution >= 4 is 28.4 Å². The summed E-state index contributed by atoms with van der Waals surface area (Å²) in [7, 11) is 0. The van der Waals surface area contributed by atoms with Gasteiger partial charge in [0, 0.05) is 17.3 Å². The van der Waals surface area contributed by atoms with Crippen LogP contribution in [0.15, 0.2) is 46.9 Å². The Morgan fingerprint density at radius 2 is 1.93 bits per heavy atom. The van der Waals surface area contributed by atoms with Crippen molar-refractivity contribution in [3.05, 3.63) is 53.9 Å². The minimum absolute atomic E-state index is 0.145. The number of amides is 1. The quantitative estimate of drug-likeness (QED) is 0.655. The fraction of sp³-hybridized carbons (Fsp3) is 0.263. The summed E-state index contributed by atoms with van der Waals surface area (Å²) in [6, 6.07) is 9.77. The number of fused-ring (bicyclic) bond motifs is 1. The van der Waals surface area contributed by atoms with Gasteiger partial charge < -0.3 is 15.1 Å². The molecule has 27 heavy (non-hydrogen) atoms. The predicted molar refractivity (Wildman–Crippen MR) is 96.7 cm³/mol. The van der Waals surface area contributed by atoms with Gasteiger partial charge in [0.15, 0.2) is 11.5 Å². The van der Waals surface area contributed by atoms with E-state index in [-0.39, 0.29) is 24.1 Å². The fourth-order valence-electron chi connectivity index (χ4n) is 2.46. The third-order valence-corrected chi connectivity index (χ3v) is 3.82. The number of anilines is 2. The van der Waals surface area contributed by atoms with E-state index in [0.717, 1.165) is 12.1 Å². The molecule has 0 aliphatic rings. The van der Waals surface area contributed by atoms with Crippen LogP contribution in [0.5, 0.6) is 0 Å². The number of benzene rings is 2. The minimum atomic E-state index is -4.43. The molecule has 0 aliphatic carbocycles. The molecule has 2 N–H and O–H groups in total. The molecule has 0 atom stereocenters. The maximum absolute atomic E-state index is 12.7. The van der Waals surface area contributed by atoms with Crippen LogP contribution in [0.3, 0.4) is 0 Å². The van der Waals surface area contributed by atoms with Crippen molar-refractivity contribution in [1.82, 2.24) is 4.98 Å². The third-order valence-electron chi connectivity index (χ3n) is 3.82. The first-order valence-electron chi connectivity index (χ1n) is 8.34. The lowest BCUT2D eigenvalue weighted by Crippen LogP contribution is -2.21. The summed E-state index contributed by atoms with van der Waals surface area (Å²) >= 11 is 0. The maximum atomic E-state index is 12.7. The molecule has 142 valence electrons. The van der Waals surface area contributed by atoms with Crippen LogP contribution in [0.2, 0.25) is 0 Å². The molecule has 0 aliphatic heterocycles. The van der Waals surface area contributed by atoms with Crippen LogP contribution in [0.25, 0.3) is 11.1 Å². The van der Waals surface area contributed by atoms with Crippen molar-refractivity contribution < 1.29 is 22.4 Å². The van der Waals surface area contributed by atoms with Crippen molar-refractivity contribution in [3.8, 4) is 0 Å². The Morgan fingerprint density at radius 3 is 2.63 bits per heavy atom. The van der Waals surface area contributed by atoms with Crippen LogP contribution in [-0.2, 0) is 11.0 Å². The summed E-state index contributed by atoms with van der Waals surface area (Å²) in [5.74, 6) is 0.367. The predicted octanol–water partition coefficient (Wildman–Crippen LogP) is 5.02. The van der Waals surface area contributed by atoms with Crippen molar-refractivity contribution in [2.24, 2.45) is 0 Å². The summed E-state index contributed by atoms with van der Waals surface area (Å²) in [6.07, 6.45) is -4.43. The Hall–Kier alpha value is -3.03. The van der Waals surface area contributed by atoms with Crippen LogP contribution in [0, 0.1) is 0 Å². The van der Waals surface area contributed by atoms with Gasteiger partial charge >= 0.3 is 6.18 Å². The number of hydrogen-bond acceptors (Lipinski definition) is 4. The highest BCUT2D eigenvalue weighted by Gasteiger charge is 2.30.